The summed E-state index contributed by atoms with van der Waals surface area (Å²) in [4.78, 5) is 0. The number of rotatable bonds is 12. The predicted octanol–water partition coefficient (Wildman–Crippen LogP) is -12.0. The lowest BCUT2D eigenvalue weighted by atomic mass is 9.95. The quantitative estimate of drug-likeness (QED) is 0.0801. The number of phenols is 1. The summed E-state index contributed by atoms with van der Waals surface area (Å²) >= 11 is 0. The number of nitrogens with zero attached hydrogens (tertiary/aromatic N) is 3. The van der Waals surface area contributed by atoms with Crippen molar-refractivity contribution >= 4 is 0 Å². The highest BCUT2D eigenvalue weighted by Crippen LogP contribution is 2.40. The molecule has 21 fully saturated rings. The fourth-order valence-corrected chi connectivity index (χ4v) is 12.7. The largest absolute Gasteiger partial charge is 0.508 e. The molecule has 0 spiro atoms. The smallest absolute Gasteiger partial charge is 0.187 e. The fourth-order valence-electron chi connectivity index (χ4n) is 12.7. The van der Waals surface area contributed by atoms with Crippen molar-refractivity contribution in [3.63, 3.8) is 0 Å². The number of phenolic OH excluding ortho intramolecular Hbond substituents is 1. The van der Waals surface area contributed by atoms with Crippen LogP contribution in [0.15, 0.2) is 54.7 Å². The van der Waals surface area contributed by atoms with Gasteiger partial charge in [0.15, 0.2) is 44.0 Å². The number of aliphatic hydroxyl groups is 20. The van der Waals surface area contributed by atoms with Crippen molar-refractivity contribution < 1.29 is 178 Å². The Morgan fingerprint density at radius 3 is 0.812 bits per heavy atom. The fraction of sp³-hybridized carbons (Fsp3) is 0.754. The van der Waals surface area contributed by atoms with E-state index < -0.39 is 261 Å². The average molecular weight is 1380 g/mol. The lowest BCUT2D eigenvalue weighted by Gasteiger charge is -2.50. The van der Waals surface area contributed by atoms with Gasteiger partial charge in [-0.15, -0.1) is 5.10 Å². The van der Waals surface area contributed by atoms with Crippen LogP contribution >= 0.6 is 0 Å². The van der Waals surface area contributed by atoms with Crippen molar-refractivity contribution in [1.29, 1.82) is 0 Å². The molecule has 540 valence electrons. The second-order valence-corrected chi connectivity index (χ2v) is 24.2. The summed E-state index contributed by atoms with van der Waals surface area (Å²) in [7, 11) is 0. The minimum Gasteiger partial charge on any atom is -0.508 e. The van der Waals surface area contributed by atoms with Crippen LogP contribution in [0.1, 0.15) is 5.69 Å². The zero-order chi connectivity index (χ0) is 68.7. The molecule has 2 aromatic carbocycles. The van der Waals surface area contributed by atoms with Crippen molar-refractivity contribution in [3.8, 4) is 22.6 Å². The lowest BCUT2D eigenvalue weighted by molar-refractivity contribution is -0.396. The minimum absolute atomic E-state index is 0.0797. The topological polar surface area (TPSA) is 594 Å². The van der Waals surface area contributed by atoms with E-state index in [1.54, 1.807) is 36.4 Å². The van der Waals surface area contributed by atoms with Crippen LogP contribution in [0, 0.1) is 0 Å². The standard InChI is InChI=1S/C57H81N3O36/c61-11-24-45-32(70)39(77)53(85-24)93-47-26(13-63)87-55(41(79)34(47)72)95-49-28(15-65)89-57(43(81)36(49)74)96-50-29(16-66)88-56(42(80)35(50)73)94-48-27(14-64)86-54(40(78)33(48)71)92-46-25(12-62)84-52(38(76)31(46)69)90-44-23(83-51(91-45)37(75)30(44)68)10-60-20(9-58-59-60)17-82-22-7-3-19(4-8-22)18-1-5-21(67)6-2-18/h1-9,23-57,61-81H,10-17H2/t23-,24-,25-,26-,27-,28-,29-,30-,31-,32-,33-,34-,35-,36-,37-,38-,39-,40-,41-,42-,43-,44-,45-,46-,47-,48-,49-,50-,51-,52-,53-,54-,55-,56-,57-/m1/s1. The van der Waals surface area contributed by atoms with E-state index in [4.69, 9.17) is 71.1 Å². The molecule has 39 heteroatoms. The van der Waals surface area contributed by atoms with Crippen molar-refractivity contribution in [2.45, 2.75) is 228 Å². The molecule has 22 heterocycles. The first-order valence-electron chi connectivity index (χ1n) is 30.8. The van der Waals surface area contributed by atoms with E-state index in [1.807, 2.05) is 0 Å². The van der Waals surface area contributed by atoms with Gasteiger partial charge in [-0.25, -0.2) is 4.68 Å². The summed E-state index contributed by atoms with van der Waals surface area (Å²) < 4.78 is 89.3. The Kier molecular flexibility index (Phi) is 23.9. The summed E-state index contributed by atoms with van der Waals surface area (Å²) in [5.41, 5.74) is 1.83. The zero-order valence-corrected chi connectivity index (χ0v) is 50.4. The third kappa shape index (κ3) is 14.8. The van der Waals surface area contributed by atoms with E-state index in [-0.39, 0.29) is 18.1 Å². The van der Waals surface area contributed by atoms with E-state index in [0.717, 1.165) is 11.1 Å². The molecule has 0 amide bonds. The second kappa shape index (κ2) is 31.4. The van der Waals surface area contributed by atoms with E-state index in [9.17, 15) is 107 Å². The van der Waals surface area contributed by atoms with Crippen LogP contribution in [0.5, 0.6) is 11.5 Å². The summed E-state index contributed by atoms with van der Waals surface area (Å²) in [6.45, 7) is -7.14. The van der Waals surface area contributed by atoms with Crippen LogP contribution in [0.25, 0.3) is 11.1 Å². The molecule has 21 aliphatic heterocycles. The monoisotopic (exact) mass is 1380 g/mol. The predicted molar refractivity (Wildman–Crippen MR) is 299 cm³/mol. The Morgan fingerprint density at radius 2 is 0.552 bits per heavy atom. The van der Waals surface area contributed by atoms with Gasteiger partial charge in [-0.3, -0.25) is 0 Å². The molecule has 3 aromatic rings. The molecule has 0 unspecified atom stereocenters. The van der Waals surface area contributed by atoms with Crippen molar-refractivity contribution in [2.75, 3.05) is 39.6 Å². The van der Waals surface area contributed by atoms with Gasteiger partial charge in [-0.1, -0.05) is 29.5 Å². The van der Waals surface area contributed by atoms with Crippen LogP contribution in [0.3, 0.4) is 0 Å². The maximum Gasteiger partial charge on any atom is 0.187 e. The van der Waals surface area contributed by atoms with Gasteiger partial charge in [-0.05, 0) is 35.4 Å². The van der Waals surface area contributed by atoms with Gasteiger partial charge in [0.2, 0.25) is 0 Å². The Bertz CT molecular complexity index is 2900. The highest BCUT2D eigenvalue weighted by molar-refractivity contribution is 5.64. The van der Waals surface area contributed by atoms with Crippen LogP contribution in [0.2, 0.25) is 0 Å². The van der Waals surface area contributed by atoms with Gasteiger partial charge in [0, 0.05) is 0 Å². The Balaban J connectivity index is 0.884. The summed E-state index contributed by atoms with van der Waals surface area (Å²) in [6, 6.07) is 13.4. The summed E-state index contributed by atoms with van der Waals surface area (Å²) in [5.74, 6) is 0.455. The zero-order valence-electron chi connectivity index (χ0n) is 50.4. The molecule has 0 saturated carbocycles. The Morgan fingerprint density at radius 1 is 0.312 bits per heavy atom. The Hall–Kier alpha value is -4.18. The second-order valence-electron chi connectivity index (χ2n) is 24.2. The maximum atomic E-state index is 12.1. The highest BCUT2D eigenvalue weighted by atomic mass is 16.8. The molecule has 21 aliphatic rings. The van der Waals surface area contributed by atoms with Crippen molar-refractivity contribution in [1.82, 2.24) is 15.0 Å². The Labute approximate surface area is 542 Å². The molecule has 21 saturated heterocycles. The minimum atomic E-state index is -2.26. The number of aliphatic hydroxyl groups excluding tert-OH is 20. The summed E-state index contributed by atoms with van der Waals surface area (Å²) in [5, 5.41) is 244. The molecule has 39 nitrogen and oxygen atoms in total. The number of aromatic nitrogens is 3. The van der Waals surface area contributed by atoms with Gasteiger partial charge >= 0.3 is 0 Å². The van der Waals surface area contributed by atoms with Crippen molar-refractivity contribution in [3.05, 3.63) is 60.4 Å². The van der Waals surface area contributed by atoms with Gasteiger partial charge in [0.25, 0.3) is 0 Å². The molecule has 0 radical (unpaired) electrons. The van der Waals surface area contributed by atoms with Crippen LogP contribution < -0.4 is 4.74 Å². The molecule has 96 heavy (non-hydrogen) atoms. The highest BCUT2D eigenvalue weighted by Gasteiger charge is 2.60. The third-order valence-corrected chi connectivity index (χ3v) is 18.1. The van der Waals surface area contributed by atoms with Gasteiger partial charge in [0.1, 0.15) is 189 Å². The number of ether oxygens (including phenoxy) is 15. The number of aromatic hydroxyl groups is 1. The lowest BCUT2D eigenvalue weighted by Crippen LogP contribution is -2.68. The van der Waals surface area contributed by atoms with Gasteiger partial charge in [-0.2, -0.15) is 0 Å². The molecular formula is C57H81N3O36. The molecular weight excluding hydrogens is 1300 g/mol. The molecule has 21 N–H and O–H groups in total. The summed E-state index contributed by atoms with van der Waals surface area (Å²) in [6.07, 6.45) is -70.0. The molecule has 14 bridgehead atoms. The maximum absolute atomic E-state index is 12.1. The van der Waals surface area contributed by atoms with Crippen LogP contribution in [-0.4, -0.2) is 377 Å². The number of benzene rings is 2. The van der Waals surface area contributed by atoms with E-state index >= 15 is 0 Å². The van der Waals surface area contributed by atoms with Crippen LogP contribution in [-0.2, 0) is 79.5 Å². The molecule has 1 aromatic heterocycles. The van der Waals surface area contributed by atoms with Crippen LogP contribution in [0.4, 0.5) is 0 Å². The normalized spacial score (nSPS) is 46.6. The first-order valence-corrected chi connectivity index (χ1v) is 30.8. The molecule has 35 atom stereocenters. The first kappa shape index (κ1) is 73.1. The average Bonchev–Trinajstić information content (AvgIpc) is 0.838. The molecule has 24 rings (SSSR count). The van der Waals surface area contributed by atoms with E-state index in [0.29, 0.717) is 5.75 Å². The van der Waals surface area contributed by atoms with E-state index in [2.05, 4.69) is 10.3 Å². The van der Waals surface area contributed by atoms with Gasteiger partial charge in [0.05, 0.1) is 58.1 Å². The van der Waals surface area contributed by atoms with Crippen molar-refractivity contribution in [2.24, 2.45) is 0 Å². The molecule has 0 aliphatic carbocycles. The number of hydrogen-bond acceptors (Lipinski definition) is 38. The van der Waals surface area contributed by atoms with Gasteiger partial charge < -0.3 is 178 Å². The third-order valence-electron chi connectivity index (χ3n) is 18.1. The SMILES string of the molecule is OC[C@H]1O[C@@H]2O[C@H]3[C@H](O)[C@@H](O)[C@@H](O[C@H]4[C@H](O)[C@@H](O)[C@@H](O[C@H]5[C@H](O)[C@@H](O)[C@@H](O[C@H]6[C@H](O)[C@@H](O)[C@@H](O[C@H]7[C@H](O)[C@@H](O)[C@@H](O[C@H]8[C@H](O)[C@@H](O)[C@@H](O[C@H]1[C@H](O)[C@H]2O)O[C@@H]8CO)O[C@@H]7CO)O[C@@H]6CO)O[C@@H]5Cn1nncc1COc1ccc(-c2ccc(O)cc2)cc1)O[C@@H]4CO)O[C@@H]3CO. The first-order chi connectivity index (χ1) is 46.0. The van der Waals surface area contributed by atoms with E-state index in [1.165, 1.54) is 23.0 Å². The number of hydrogen-bond donors (Lipinski definition) is 21.